The maximum atomic E-state index is 10.1. The fourth-order valence-corrected chi connectivity index (χ4v) is 5.43. The fourth-order valence-electron chi connectivity index (χ4n) is 4.88. The van der Waals surface area contributed by atoms with E-state index in [-0.39, 0.29) is 5.41 Å². The second kappa shape index (κ2) is 4.74. The predicted octanol–water partition coefficient (Wildman–Crippen LogP) is 3.73. The second-order valence-electron chi connectivity index (χ2n) is 6.93. The van der Waals surface area contributed by atoms with Gasteiger partial charge in [0.1, 0.15) is 5.75 Å². The van der Waals surface area contributed by atoms with E-state index in [0.29, 0.717) is 12.5 Å². The normalized spacial score (nSPS) is 34.3. The Morgan fingerprint density at radius 1 is 1.35 bits per heavy atom. The Morgan fingerprint density at radius 2 is 2.25 bits per heavy atom. The molecular weight excluding hydrogens is 316 g/mol. The molecule has 1 aromatic rings. The van der Waals surface area contributed by atoms with Crippen LogP contribution in [0.25, 0.3) is 0 Å². The van der Waals surface area contributed by atoms with Gasteiger partial charge in [-0.25, -0.2) is 0 Å². The summed E-state index contributed by atoms with van der Waals surface area (Å²) < 4.78 is 7.01. The highest BCUT2D eigenvalue weighted by Crippen LogP contribution is 2.57. The molecule has 108 valence electrons. The van der Waals surface area contributed by atoms with Gasteiger partial charge in [0, 0.05) is 22.9 Å². The number of hydrogen-bond acceptors (Lipinski definition) is 2. The Morgan fingerprint density at radius 3 is 2.95 bits per heavy atom. The van der Waals surface area contributed by atoms with Crippen LogP contribution >= 0.6 is 15.9 Å². The van der Waals surface area contributed by atoms with Gasteiger partial charge in [0.25, 0.3) is 0 Å². The van der Waals surface area contributed by atoms with Crippen molar-refractivity contribution in [3.8, 4) is 5.75 Å². The van der Waals surface area contributed by atoms with E-state index in [1.165, 1.54) is 36.8 Å². The van der Waals surface area contributed by atoms with E-state index in [2.05, 4.69) is 28.1 Å². The molecule has 2 aliphatic carbocycles. The average Bonchev–Trinajstić information content (AvgIpc) is 3.12. The molecule has 1 N–H and O–H groups in total. The van der Waals surface area contributed by atoms with E-state index >= 15 is 0 Å². The first-order valence-electron chi connectivity index (χ1n) is 7.75. The minimum absolute atomic E-state index is 0.115. The summed E-state index contributed by atoms with van der Waals surface area (Å²) in [6.45, 7) is 1.13. The van der Waals surface area contributed by atoms with Crippen LogP contribution in [0.15, 0.2) is 16.6 Å². The summed E-state index contributed by atoms with van der Waals surface area (Å²) in [6.07, 6.45) is 7.21. The first kappa shape index (κ1) is 13.1. The van der Waals surface area contributed by atoms with Gasteiger partial charge in [-0.2, -0.15) is 0 Å². The lowest BCUT2D eigenvalue weighted by Gasteiger charge is -2.36. The molecule has 1 heterocycles. The first-order valence-corrected chi connectivity index (χ1v) is 8.54. The number of benzene rings is 1. The Kier molecular flexibility index (Phi) is 3.11. The van der Waals surface area contributed by atoms with E-state index < -0.39 is 0 Å². The molecule has 0 aromatic heterocycles. The van der Waals surface area contributed by atoms with Crippen LogP contribution in [0.3, 0.4) is 0 Å². The quantitative estimate of drug-likeness (QED) is 0.911. The largest absolute Gasteiger partial charge is 0.493 e. The number of aliphatic hydroxyl groups excluding tert-OH is 1. The van der Waals surface area contributed by atoms with Gasteiger partial charge in [-0.05, 0) is 60.8 Å². The van der Waals surface area contributed by atoms with Crippen molar-refractivity contribution in [3.05, 3.63) is 27.7 Å². The molecular formula is C17H21BrO2. The van der Waals surface area contributed by atoms with Crippen LogP contribution in [0.4, 0.5) is 0 Å². The highest BCUT2D eigenvalue weighted by atomic mass is 79.9. The number of aliphatic hydroxyl groups is 1. The van der Waals surface area contributed by atoms with Crippen LogP contribution in [0.5, 0.6) is 5.75 Å². The van der Waals surface area contributed by atoms with Crippen LogP contribution < -0.4 is 4.74 Å². The van der Waals surface area contributed by atoms with Crippen LogP contribution in [0.2, 0.25) is 0 Å². The summed E-state index contributed by atoms with van der Waals surface area (Å²) in [7, 11) is 0. The topological polar surface area (TPSA) is 29.5 Å². The van der Waals surface area contributed by atoms with Crippen molar-refractivity contribution >= 4 is 15.9 Å². The summed E-state index contributed by atoms with van der Waals surface area (Å²) in [5, 5.41) is 10.1. The third-order valence-corrected chi connectivity index (χ3v) is 6.24. The van der Waals surface area contributed by atoms with Gasteiger partial charge in [0.2, 0.25) is 0 Å². The maximum absolute atomic E-state index is 10.1. The Hall–Kier alpha value is -0.540. The third kappa shape index (κ3) is 1.93. The zero-order valence-corrected chi connectivity index (χ0v) is 13.3. The van der Waals surface area contributed by atoms with Crippen LogP contribution in [-0.4, -0.2) is 18.3 Å². The SMILES string of the molecule is OCC1(Cc2cc(Br)cc3c2OCC3)CC2CCC1C2. The lowest BCUT2D eigenvalue weighted by Crippen LogP contribution is -2.34. The Bertz CT molecular complexity index is 542. The molecule has 3 heteroatoms. The van der Waals surface area contributed by atoms with Crippen LogP contribution in [0.1, 0.15) is 36.8 Å². The highest BCUT2D eigenvalue weighted by molar-refractivity contribution is 9.10. The predicted molar refractivity (Wildman–Crippen MR) is 82.0 cm³/mol. The standard InChI is InChI=1S/C17H21BrO2/c18-15-6-12-3-4-20-16(12)13(7-15)9-17(10-19)8-11-1-2-14(17)5-11/h6-7,11,14,19H,1-5,8-10H2. The van der Waals surface area contributed by atoms with E-state index in [9.17, 15) is 5.11 Å². The van der Waals surface area contributed by atoms with E-state index in [0.717, 1.165) is 35.6 Å². The van der Waals surface area contributed by atoms with Gasteiger partial charge < -0.3 is 9.84 Å². The van der Waals surface area contributed by atoms with E-state index in [4.69, 9.17) is 4.74 Å². The minimum atomic E-state index is 0.115. The smallest absolute Gasteiger partial charge is 0.125 e. The molecule has 4 rings (SSSR count). The number of halogens is 1. The summed E-state index contributed by atoms with van der Waals surface area (Å²) in [5.41, 5.74) is 2.74. The molecule has 3 aliphatic rings. The van der Waals surface area contributed by atoms with Crippen molar-refractivity contribution in [2.45, 2.75) is 38.5 Å². The van der Waals surface area contributed by atoms with Crippen molar-refractivity contribution in [2.24, 2.45) is 17.3 Å². The Labute approximate surface area is 128 Å². The monoisotopic (exact) mass is 336 g/mol. The number of rotatable bonds is 3. The summed E-state index contributed by atoms with van der Waals surface area (Å²) in [6, 6.07) is 4.38. The third-order valence-electron chi connectivity index (χ3n) is 5.79. The van der Waals surface area contributed by atoms with Crippen molar-refractivity contribution < 1.29 is 9.84 Å². The Balaban J connectivity index is 1.69. The van der Waals surface area contributed by atoms with Gasteiger partial charge in [0.15, 0.2) is 0 Å². The number of hydrogen-bond donors (Lipinski definition) is 1. The number of fused-ring (bicyclic) bond motifs is 3. The lowest BCUT2D eigenvalue weighted by atomic mass is 9.70. The van der Waals surface area contributed by atoms with Crippen molar-refractivity contribution in [1.82, 2.24) is 0 Å². The average molecular weight is 337 g/mol. The van der Waals surface area contributed by atoms with E-state index in [1.54, 1.807) is 0 Å². The molecule has 0 radical (unpaired) electrons. The molecule has 1 aliphatic heterocycles. The molecule has 2 bridgehead atoms. The molecule has 2 nitrogen and oxygen atoms in total. The molecule has 0 spiro atoms. The molecule has 3 atom stereocenters. The summed E-state index contributed by atoms with van der Waals surface area (Å²) >= 11 is 3.63. The molecule has 20 heavy (non-hydrogen) atoms. The second-order valence-corrected chi connectivity index (χ2v) is 7.84. The van der Waals surface area contributed by atoms with Crippen molar-refractivity contribution in [3.63, 3.8) is 0 Å². The van der Waals surface area contributed by atoms with Gasteiger partial charge in [0.05, 0.1) is 6.61 Å². The lowest BCUT2D eigenvalue weighted by molar-refractivity contribution is 0.0645. The van der Waals surface area contributed by atoms with Crippen molar-refractivity contribution in [2.75, 3.05) is 13.2 Å². The van der Waals surface area contributed by atoms with Crippen molar-refractivity contribution in [1.29, 1.82) is 0 Å². The molecule has 2 saturated carbocycles. The first-order chi connectivity index (χ1) is 9.70. The van der Waals surface area contributed by atoms with E-state index in [1.807, 2.05) is 0 Å². The molecule has 0 saturated heterocycles. The fraction of sp³-hybridized carbons (Fsp3) is 0.647. The number of ether oxygens (including phenoxy) is 1. The zero-order valence-electron chi connectivity index (χ0n) is 11.7. The molecule has 1 aromatic carbocycles. The molecule has 2 fully saturated rings. The zero-order chi connectivity index (χ0) is 13.7. The highest BCUT2D eigenvalue weighted by Gasteiger charge is 2.50. The van der Waals surface area contributed by atoms with Gasteiger partial charge in [-0.1, -0.05) is 22.4 Å². The molecule has 0 amide bonds. The molecule has 3 unspecified atom stereocenters. The van der Waals surface area contributed by atoms with Gasteiger partial charge in [-0.15, -0.1) is 0 Å². The minimum Gasteiger partial charge on any atom is -0.493 e. The summed E-state index contributed by atoms with van der Waals surface area (Å²) in [5.74, 6) is 2.67. The van der Waals surface area contributed by atoms with Gasteiger partial charge >= 0.3 is 0 Å². The van der Waals surface area contributed by atoms with Gasteiger partial charge in [-0.3, -0.25) is 0 Å². The summed E-state index contributed by atoms with van der Waals surface area (Å²) in [4.78, 5) is 0. The van der Waals surface area contributed by atoms with Crippen LogP contribution in [0, 0.1) is 17.3 Å². The maximum Gasteiger partial charge on any atom is 0.125 e. The van der Waals surface area contributed by atoms with Crippen LogP contribution in [-0.2, 0) is 12.8 Å².